The van der Waals surface area contributed by atoms with Crippen LogP contribution in [0.2, 0.25) is 0 Å². The van der Waals surface area contributed by atoms with Crippen LogP contribution in [0, 0.1) is 0 Å². The molecular formula is C43H43N3O5. The summed E-state index contributed by atoms with van der Waals surface area (Å²) in [7, 11) is 0. The standard InChI is InChI=1S/C43H43N3O5/c1-6-16-33(17-7-1)28-47-32-40-42(49-30-35-20-10-3-11-21-35)43(50-31-36-22-12-4-13-23-36)41(48-29-34-18-8-2-9-19-34)39(51-40)27-46-26-38(44-45-46)37-24-14-5-15-25-37/h1-26,39-43H,27-32H2/t39-,40+,41-,42+,43+/m0/s1. The average molecular weight is 682 g/mol. The van der Waals surface area contributed by atoms with Gasteiger partial charge in [-0.2, -0.15) is 0 Å². The number of rotatable bonds is 16. The lowest BCUT2D eigenvalue weighted by Gasteiger charge is -2.46. The number of aromatic nitrogens is 3. The summed E-state index contributed by atoms with van der Waals surface area (Å²) >= 11 is 0. The summed E-state index contributed by atoms with van der Waals surface area (Å²) < 4.78 is 35.6. The topological polar surface area (TPSA) is 76.9 Å². The SMILES string of the molecule is c1ccc(COC[C@H]2O[C@@H](Cn3cc(-c4ccccc4)nn3)[C@H](OCc3ccccc3)[C@@H](OCc3ccccc3)[C@@H]2OCc2ccccc2)cc1. The molecule has 0 aliphatic carbocycles. The molecule has 0 amide bonds. The smallest absolute Gasteiger partial charge is 0.115 e. The van der Waals surface area contributed by atoms with E-state index in [-0.39, 0.29) is 0 Å². The monoisotopic (exact) mass is 681 g/mol. The van der Waals surface area contributed by atoms with E-state index in [1.807, 2.05) is 114 Å². The Bertz CT molecular complexity index is 1860. The summed E-state index contributed by atoms with van der Waals surface area (Å²) in [5.41, 5.74) is 6.05. The van der Waals surface area contributed by atoms with Crippen molar-refractivity contribution in [3.05, 3.63) is 180 Å². The van der Waals surface area contributed by atoms with Crippen molar-refractivity contribution in [3.63, 3.8) is 0 Å². The van der Waals surface area contributed by atoms with Crippen molar-refractivity contribution in [1.29, 1.82) is 0 Å². The Balaban J connectivity index is 1.21. The minimum atomic E-state index is -0.510. The minimum Gasteiger partial charge on any atom is -0.374 e. The molecule has 5 aromatic carbocycles. The molecule has 1 aliphatic heterocycles. The maximum Gasteiger partial charge on any atom is 0.115 e. The van der Waals surface area contributed by atoms with E-state index < -0.39 is 30.5 Å². The summed E-state index contributed by atoms with van der Waals surface area (Å²) in [6.45, 7) is 2.29. The lowest BCUT2D eigenvalue weighted by molar-refractivity contribution is -0.275. The summed E-state index contributed by atoms with van der Waals surface area (Å²) in [5, 5.41) is 8.99. The van der Waals surface area contributed by atoms with Gasteiger partial charge in [0.15, 0.2) is 0 Å². The van der Waals surface area contributed by atoms with E-state index in [4.69, 9.17) is 23.7 Å². The molecule has 0 saturated carbocycles. The first-order valence-electron chi connectivity index (χ1n) is 17.5. The molecule has 1 aliphatic rings. The number of benzene rings is 5. The highest BCUT2D eigenvalue weighted by Crippen LogP contribution is 2.32. The van der Waals surface area contributed by atoms with Crippen LogP contribution in [0.1, 0.15) is 22.3 Å². The molecule has 260 valence electrons. The quantitative estimate of drug-likeness (QED) is 0.104. The number of nitrogens with zero attached hydrogens (tertiary/aromatic N) is 3. The Hall–Kier alpha value is -4.96. The molecule has 6 aromatic rings. The van der Waals surface area contributed by atoms with Gasteiger partial charge in [-0.15, -0.1) is 5.10 Å². The van der Waals surface area contributed by atoms with Crippen molar-refractivity contribution < 1.29 is 23.7 Å². The molecular weight excluding hydrogens is 638 g/mol. The second kappa shape index (κ2) is 17.8. The van der Waals surface area contributed by atoms with E-state index in [1.54, 1.807) is 0 Å². The van der Waals surface area contributed by atoms with Crippen LogP contribution >= 0.6 is 0 Å². The molecule has 0 bridgehead atoms. The minimum absolute atomic E-state index is 0.300. The highest BCUT2D eigenvalue weighted by Gasteiger charge is 2.48. The van der Waals surface area contributed by atoms with Gasteiger partial charge in [-0.1, -0.05) is 157 Å². The fourth-order valence-corrected chi connectivity index (χ4v) is 6.34. The molecule has 0 radical (unpaired) electrons. The van der Waals surface area contributed by atoms with Gasteiger partial charge in [0.1, 0.15) is 36.2 Å². The van der Waals surface area contributed by atoms with Gasteiger partial charge in [-0.3, -0.25) is 0 Å². The molecule has 0 unspecified atom stereocenters. The molecule has 2 heterocycles. The van der Waals surface area contributed by atoms with Gasteiger partial charge in [0.05, 0.1) is 45.8 Å². The third-order valence-electron chi connectivity index (χ3n) is 8.95. The Morgan fingerprint density at radius 2 is 0.922 bits per heavy atom. The molecule has 5 atom stereocenters. The van der Waals surface area contributed by atoms with E-state index in [0.29, 0.717) is 39.6 Å². The third-order valence-corrected chi connectivity index (χ3v) is 8.95. The Morgan fingerprint density at radius 1 is 0.490 bits per heavy atom. The molecule has 1 aromatic heterocycles. The molecule has 0 spiro atoms. The van der Waals surface area contributed by atoms with E-state index in [0.717, 1.165) is 33.5 Å². The van der Waals surface area contributed by atoms with Crippen molar-refractivity contribution in [2.45, 2.75) is 63.5 Å². The van der Waals surface area contributed by atoms with Gasteiger partial charge in [0, 0.05) is 5.56 Å². The van der Waals surface area contributed by atoms with Crippen molar-refractivity contribution in [2.24, 2.45) is 0 Å². The highest BCUT2D eigenvalue weighted by molar-refractivity contribution is 5.57. The largest absolute Gasteiger partial charge is 0.374 e. The Morgan fingerprint density at radius 3 is 1.43 bits per heavy atom. The predicted molar refractivity (Wildman–Crippen MR) is 195 cm³/mol. The van der Waals surface area contributed by atoms with Crippen molar-refractivity contribution in [3.8, 4) is 11.3 Å². The summed E-state index contributed by atoms with van der Waals surface area (Å²) in [6.07, 6.45) is -0.481. The van der Waals surface area contributed by atoms with Crippen LogP contribution < -0.4 is 0 Å². The maximum absolute atomic E-state index is 6.98. The molecule has 1 saturated heterocycles. The van der Waals surface area contributed by atoms with Crippen LogP contribution in [0.3, 0.4) is 0 Å². The first-order chi connectivity index (χ1) is 25.3. The summed E-state index contributed by atoms with van der Waals surface area (Å²) in [5.74, 6) is 0. The zero-order valence-corrected chi connectivity index (χ0v) is 28.5. The van der Waals surface area contributed by atoms with Crippen LogP contribution in [-0.4, -0.2) is 52.1 Å². The van der Waals surface area contributed by atoms with Crippen LogP contribution in [0.5, 0.6) is 0 Å². The number of hydrogen-bond acceptors (Lipinski definition) is 7. The highest BCUT2D eigenvalue weighted by atomic mass is 16.6. The Kier molecular flexibility index (Phi) is 12.0. The van der Waals surface area contributed by atoms with Crippen molar-refractivity contribution in [1.82, 2.24) is 15.0 Å². The molecule has 8 nitrogen and oxygen atoms in total. The fraction of sp³-hybridized carbons (Fsp3) is 0.256. The fourth-order valence-electron chi connectivity index (χ4n) is 6.34. The third kappa shape index (κ3) is 9.64. The van der Waals surface area contributed by atoms with E-state index in [2.05, 4.69) is 58.8 Å². The van der Waals surface area contributed by atoms with Gasteiger partial charge in [-0.05, 0) is 22.3 Å². The Labute approximate surface area is 299 Å². The molecule has 7 rings (SSSR count). The molecule has 8 heteroatoms. The molecule has 0 N–H and O–H groups in total. The van der Waals surface area contributed by atoms with E-state index >= 15 is 0 Å². The lowest BCUT2D eigenvalue weighted by atomic mass is 9.93. The summed E-state index contributed by atoms with van der Waals surface area (Å²) in [4.78, 5) is 0. The zero-order valence-electron chi connectivity index (χ0n) is 28.5. The molecule has 51 heavy (non-hydrogen) atoms. The van der Waals surface area contributed by atoms with Crippen LogP contribution in [0.25, 0.3) is 11.3 Å². The van der Waals surface area contributed by atoms with Crippen molar-refractivity contribution in [2.75, 3.05) is 6.61 Å². The second-order valence-electron chi connectivity index (χ2n) is 12.7. The van der Waals surface area contributed by atoms with Crippen LogP contribution in [0.4, 0.5) is 0 Å². The predicted octanol–water partition coefficient (Wildman–Crippen LogP) is 7.69. The van der Waals surface area contributed by atoms with Gasteiger partial charge < -0.3 is 23.7 Å². The van der Waals surface area contributed by atoms with Crippen molar-refractivity contribution >= 4 is 0 Å². The molecule has 1 fully saturated rings. The lowest BCUT2D eigenvalue weighted by Crippen LogP contribution is -2.62. The van der Waals surface area contributed by atoms with Gasteiger partial charge in [0.2, 0.25) is 0 Å². The number of hydrogen-bond donors (Lipinski definition) is 0. The zero-order chi connectivity index (χ0) is 34.5. The first-order valence-corrected chi connectivity index (χ1v) is 17.5. The average Bonchev–Trinajstić information content (AvgIpc) is 3.67. The van der Waals surface area contributed by atoms with E-state index in [9.17, 15) is 0 Å². The first kappa shape index (κ1) is 34.5. The van der Waals surface area contributed by atoms with Gasteiger partial charge in [0.25, 0.3) is 0 Å². The second-order valence-corrected chi connectivity index (χ2v) is 12.7. The van der Waals surface area contributed by atoms with Crippen LogP contribution in [-0.2, 0) is 56.7 Å². The summed E-state index contributed by atoms with van der Waals surface area (Å²) in [6, 6.07) is 50.7. The maximum atomic E-state index is 6.98. The number of ether oxygens (including phenoxy) is 5. The van der Waals surface area contributed by atoms with Gasteiger partial charge >= 0.3 is 0 Å². The van der Waals surface area contributed by atoms with E-state index in [1.165, 1.54) is 0 Å². The normalized spacial score (nSPS) is 20.3. The van der Waals surface area contributed by atoms with Crippen LogP contribution in [0.15, 0.2) is 158 Å². The van der Waals surface area contributed by atoms with Gasteiger partial charge in [-0.25, -0.2) is 4.68 Å².